The van der Waals surface area contributed by atoms with Gasteiger partial charge >= 0.3 is 0 Å². The molecule has 4 aromatic rings. The molecule has 0 aliphatic rings. The second kappa shape index (κ2) is 12.7. The lowest BCUT2D eigenvalue weighted by Crippen LogP contribution is -2.42. The molecule has 0 saturated carbocycles. The molecule has 38 heavy (non-hydrogen) atoms. The van der Waals surface area contributed by atoms with E-state index in [0.29, 0.717) is 43.7 Å². The Hall–Kier alpha value is -4.43. The highest BCUT2D eigenvalue weighted by Crippen LogP contribution is 2.26. The number of nitrogens with two attached hydrogens (primary N) is 2. The van der Waals surface area contributed by atoms with Crippen molar-refractivity contribution in [3.05, 3.63) is 90.0 Å². The van der Waals surface area contributed by atoms with Crippen LogP contribution in [0.3, 0.4) is 0 Å². The van der Waals surface area contributed by atoms with Crippen LogP contribution in [-0.2, 0) is 16.0 Å². The van der Waals surface area contributed by atoms with Crippen molar-refractivity contribution in [2.75, 3.05) is 19.7 Å². The van der Waals surface area contributed by atoms with Gasteiger partial charge in [0, 0.05) is 6.54 Å². The number of nitrogens with one attached hydrogen (secondary N) is 2. The van der Waals surface area contributed by atoms with Gasteiger partial charge in [0.1, 0.15) is 5.75 Å². The number of fused-ring (bicyclic) bond motifs is 2. The molecule has 0 aliphatic carbocycles. The lowest BCUT2D eigenvalue weighted by Gasteiger charge is -2.14. The van der Waals surface area contributed by atoms with E-state index in [1.165, 1.54) is 0 Å². The van der Waals surface area contributed by atoms with Crippen LogP contribution in [0.5, 0.6) is 5.75 Å². The summed E-state index contributed by atoms with van der Waals surface area (Å²) in [6.07, 6.45) is 1.81. The van der Waals surface area contributed by atoms with Gasteiger partial charge in [-0.15, -0.1) is 0 Å². The predicted molar refractivity (Wildman–Crippen MR) is 149 cm³/mol. The predicted octanol–water partition coefficient (Wildman–Crippen LogP) is 3.05. The van der Waals surface area contributed by atoms with Gasteiger partial charge in [-0.05, 0) is 58.5 Å². The molecule has 196 valence electrons. The Morgan fingerprint density at radius 3 is 2.16 bits per heavy atom. The summed E-state index contributed by atoms with van der Waals surface area (Å²) in [7, 11) is 0. The molecule has 0 saturated heterocycles. The highest BCUT2D eigenvalue weighted by Gasteiger charge is 2.16. The van der Waals surface area contributed by atoms with Crippen LogP contribution in [0, 0.1) is 0 Å². The number of hydrogen-bond donors (Lipinski definition) is 4. The van der Waals surface area contributed by atoms with E-state index in [-0.39, 0.29) is 12.5 Å². The summed E-state index contributed by atoms with van der Waals surface area (Å²) in [5.41, 5.74) is 12.6. The van der Waals surface area contributed by atoms with Crippen LogP contribution < -0.4 is 26.8 Å². The van der Waals surface area contributed by atoms with Crippen molar-refractivity contribution < 1.29 is 19.1 Å². The normalized spacial score (nSPS) is 11.7. The summed E-state index contributed by atoms with van der Waals surface area (Å²) in [6, 6.07) is 24.7. The molecule has 0 spiro atoms. The van der Waals surface area contributed by atoms with Crippen LogP contribution in [-0.4, -0.2) is 43.5 Å². The van der Waals surface area contributed by atoms with Crippen molar-refractivity contribution in [1.82, 2.24) is 10.6 Å². The van der Waals surface area contributed by atoms with E-state index >= 15 is 0 Å². The number of carbonyl (C=O) groups excluding carboxylic acids is 3. The Morgan fingerprint density at radius 2 is 1.45 bits per heavy atom. The number of benzene rings is 4. The fourth-order valence-electron chi connectivity index (χ4n) is 4.24. The molecule has 0 aromatic heterocycles. The lowest BCUT2D eigenvalue weighted by atomic mass is 10.0. The Kier molecular flexibility index (Phi) is 8.89. The van der Waals surface area contributed by atoms with Crippen molar-refractivity contribution in [3.8, 4) is 5.75 Å². The minimum Gasteiger partial charge on any atom is -0.493 e. The monoisotopic (exact) mass is 512 g/mol. The standard InChI is InChI=1S/C30H32N4O4/c31-26(16-20-11-12-21-7-1-2-8-22(21)15-20)30(37)33-13-5-6-14-38-27-18-24-10-4-3-9-23(24)17-25(27)29(36)34-19-28(32)35/h1-4,7-12,15,17-18,26H,5-6,13-14,16,19,31H2,(H2,32,35)(H,33,37)(H,34,36). The molecule has 8 nitrogen and oxygen atoms in total. The van der Waals surface area contributed by atoms with Gasteiger partial charge in [0.25, 0.3) is 5.91 Å². The van der Waals surface area contributed by atoms with Gasteiger partial charge in [0.2, 0.25) is 11.8 Å². The first kappa shape index (κ1) is 26.6. The van der Waals surface area contributed by atoms with E-state index in [4.69, 9.17) is 16.2 Å². The van der Waals surface area contributed by atoms with Crippen LogP contribution in [0.2, 0.25) is 0 Å². The van der Waals surface area contributed by atoms with E-state index in [9.17, 15) is 14.4 Å². The maximum absolute atomic E-state index is 12.6. The van der Waals surface area contributed by atoms with E-state index in [2.05, 4.69) is 22.8 Å². The molecule has 1 unspecified atom stereocenters. The third kappa shape index (κ3) is 7.08. The fourth-order valence-corrected chi connectivity index (χ4v) is 4.24. The summed E-state index contributed by atoms with van der Waals surface area (Å²) in [5, 5.41) is 9.49. The highest BCUT2D eigenvalue weighted by molar-refractivity contribution is 6.02. The second-order valence-corrected chi connectivity index (χ2v) is 9.18. The summed E-state index contributed by atoms with van der Waals surface area (Å²) in [5.74, 6) is -0.827. The summed E-state index contributed by atoms with van der Waals surface area (Å²) in [6.45, 7) is 0.568. The van der Waals surface area contributed by atoms with Gasteiger partial charge in [0.15, 0.2) is 0 Å². The lowest BCUT2D eigenvalue weighted by molar-refractivity contribution is -0.122. The zero-order valence-electron chi connectivity index (χ0n) is 21.1. The zero-order valence-corrected chi connectivity index (χ0v) is 21.1. The molecule has 1 atom stereocenters. The largest absolute Gasteiger partial charge is 0.493 e. The van der Waals surface area contributed by atoms with Crippen molar-refractivity contribution >= 4 is 39.3 Å². The topological polar surface area (TPSA) is 137 Å². The van der Waals surface area contributed by atoms with Crippen LogP contribution >= 0.6 is 0 Å². The van der Waals surface area contributed by atoms with Crippen molar-refractivity contribution in [1.29, 1.82) is 0 Å². The second-order valence-electron chi connectivity index (χ2n) is 9.18. The molecule has 0 radical (unpaired) electrons. The summed E-state index contributed by atoms with van der Waals surface area (Å²) >= 11 is 0. The quantitative estimate of drug-likeness (QED) is 0.216. The molecule has 0 heterocycles. The SMILES string of the molecule is NC(=O)CNC(=O)c1cc2ccccc2cc1OCCCCNC(=O)C(N)Cc1ccc2ccccc2c1. The number of unbranched alkanes of at least 4 members (excludes halogenated alkanes) is 1. The number of hydrogen-bond acceptors (Lipinski definition) is 5. The Balaban J connectivity index is 1.25. The highest BCUT2D eigenvalue weighted by atomic mass is 16.5. The van der Waals surface area contributed by atoms with Crippen molar-refractivity contribution in [2.24, 2.45) is 11.5 Å². The first-order valence-electron chi connectivity index (χ1n) is 12.6. The number of primary amides is 1. The Labute approximate surface area is 221 Å². The van der Waals surface area contributed by atoms with E-state index in [1.807, 2.05) is 60.7 Å². The van der Waals surface area contributed by atoms with Crippen LogP contribution in [0.25, 0.3) is 21.5 Å². The average molecular weight is 513 g/mol. The van der Waals surface area contributed by atoms with E-state index in [1.54, 1.807) is 6.07 Å². The third-order valence-electron chi connectivity index (χ3n) is 6.25. The molecular formula is C30H32N4O4. The van der Waals surface area contributed by atoms with Gasteiger partial charge in [-0.2, -0.15) is 0 Å². The van der Waals surface area contributed by atoms with Crippen LogP contribution in [0.15, 0.2) is 78.9 Å². The maximum atomic E-state index is 12.6. The maximum Gasteiger partial charge on any atom is 0.255 e. The molecule has 6 N–H and O–H groups in total. The molecule has 0 fully saturated rings. The van der Waals surface area contributed by atoms with Gasteiger partial charge in [-0.25, -0.2) is 0 Å². The fraction of sp³-hybridized carbons (Fsp3) is 0.233. The van der Waals surface area contributed by atoms with Gasteiger partial charge in [0.05, 0.1) is 24.8 Å². The first-order valence-corrected chi connectivity index (χ1v) is 12.6. The van der Waals surface area contributed by atoms with Crippen molar-refractivity contribution in [2.45, 2.75) is 25.3 Å². The molecule has 0 bridgehead atoms. The average Bonchev–Trinajstić information content (AvgIpc) is 2.92. The minimum atomic E-state index is -0.633. The van der Waals surface area contributed by atoms with Gasteiger partial charge < -0.3 is 26.8 Å². The molecule has 0 aliphatic heterocycles. The first-order chi connectivity index (χ1) is 18.4. The molecule has 8 heteroatoms. The molecule has 4 rings (SSSR count). The Morgan fingerprint density at radius 1 is 0.789 bits per heavy atom. The van der Waals surface area contributed by atoms with Gasteiger partial charge in [-0.1, -0.05) is 66.7 Å². The smallest absolute Gasteiger partial charge is 0.255 e. The van der Waals surface area contributed by atoms with E-state index in [0.717, 1.165) is 27.1 Å². The number of ether oxygens (including phenoxy) is 1. The minimum absolute atomic E-state index is 0.193. The third-order valence-corrected chi connectivity index (χ3v) is 6.25. The van der Waals surface area contributed by atoms with Crippen molar-refractivity contribution in [3.63, 3.8) is 0 Å². The number of rotatable bonds is 12. The van der Waals surface area contributed by atoms with Crippen LogP contribution in [0.4, 0.5) is 0 Å². The molecular weight excluding hydrogens is 480 g/mol. The summed E-state index contributed by atoms with van der Waals surface area (Å²) in [4.78, 5) is 36.2. The van der Waals surface area contributed by atoms with E-state index < -0.39 is 17.9 Å². The number of amides is 3. The molecule has 4 aromatic carbocycles. The zero-order chi connectivity index (χ0) is 26.9. The Bertz CT molecular complexity index is 1450. The summed E-state index contributed by atoms with van der Waals surface area (Å²) < 4.78 is 5.93. The molecule has 3 amide bonds. The van der Waals surface area contributed by atoms with Crippen LogP contribution in [0.1, 0.15) is 28.8 Å². The van der Waals surface area contributed by atoms with Gasteiger partial charge in [-0.3, -0.25) is 14.4 Å². The number of carbonyl (C=O) groups is 3.